The van der Waals surface area contributed by atoms with E-state index in [1.165, 1.54) is 6.08 Å². The summed E-state index contributed by atoms with van der Waals surface area (Å²) in [6.07, 6.45) is 0.846. The number of para-hydroxylation sites is 1. The monoisotopic (exact) mass is 245 g/mol. The quantitative estimate of drug-likeness (QED) is 0.825. The molecule has 0 aliphatic carbocycles. The number of halogens is 2. The molecule has 0 saturated heterocycles. The Bertz CT molecular complexity index is 359. The van der Waals surface area contributed by atoms with E-state index < -0.39 is 6.09 Å². The third-order valence-corrected chi connectivity index (χ3v) is 2.15. The Balaban J connectivity index is 2.71. The van der Waals surface area contributed by atoms with Crippen molar-refractivity contribution in [3.63, 3.8) is 0 Å². The van der Waals surface area contributed by atoms with E-state index in [0.29, 0.717) is 15.7 Å². The molecule has 0 spiro atoms. The number of nitrogens with one attached hydrogen (secondary N) is 1. The smallest absolute Gasteiger partial charge is 0.412 e. The van der Waals surface area contributed by atoms with Crippen LogP contribution in [0.2, 0.25) is 10.0 Å². The van der Waals surface area contributed by atoms with Gasteiger partial charge in [-0.2, -0.15) is 0 Å². The minimum absolute atomic E-state index is 0.133. The fourth-order valence-electron chi connectivity index (χ4n) is 0.890. The summed E-state index contributed by atoms with van der Waals surface area (Å²) < 4.78 is 4.72. The molecule has 0 unspecified atom stereocenters. The minimum atomic E-state index is -0.620. The van der Waals surface area contributed by atoms with E-state index in [-0.39, 0.29) is 6.61 Å². The van der Waals surface area contributed by atoms with Gasteiger partial charge >= 0.3 is 6.09 Å². The van der Waals surface area contributed by atoms with Crippen LogP contribution >= 0.6 is 23.2 Å². The third-order valence-electron chi connectivity index (χ3n) is 1.52. The van der Waals surface area contributed by atoms with Gasteiger partial charge in [0.2, 0.25) is 0 Å². The summed E-state index contributed by atoms with van der Waals surface area (Å²) in [6, 6.07) is 4.93. The molecule has 3 nitrogen and oxygen atoms in total. The van der Waals surface area contributed by atoms with Gasteiger partial charge in [-0.15, -0.1) is 0 Å². The first-order valence-corrected chi connectivity index (χ1v) is 4.89. The molecule has 1 N–H and O–H groups in total. The Morgan fingerprint density at radius 3 is 2.60 bits per heavy atom. The van der Waals surface area contributed by atoms with E-state index in [9.17, 15) is 4.79 Å². The Morgan fingerprint density at radius 1 is 1.47 bits per heavy atom. The van der Waals surface area contributed by atoms with Crippen molar-refractivity contribution < 1.29 is 9.53 Å². The zero-order valence-corrected chi connectivity index (χ0v) is 9.31. The first-order chi connectivity index (χ1) is 7.15. The molecular weight excluding hydrogens is 237 g/mol. The van der Waals surface area contributed by atoms with E-state index in [0.717, 1.165) is 0 Å². The van der Waals surface area contributed by atoms with Gasteiger partial charge < -0.3 is 4.74 Å². The molecule has 0 bridgehead atoms. The van der Waals surface area contributed by atoms with Crippen molar-refractivity contribution in [3.05, 3.63) is 40.9 Å². The van der Waals surface area contributed by atoms with Crippen molar-refractivity contribution in [2.45, 2.75) is 0 Å². The van der Waals surface area contributed by atoms with Gasteiger partial charge in [0.25, 0.3) is 0 Å². The van der Waals surface area contributed by atoms with E-state index in [4.69, 9.17) is 27.9 Å². The summed E-state index contributed by atoms with van der Waals surface area (Å²) >= 11 is 11.7. The normalized spacial score (nSPS) is 9.47. The number of hydrogen-bond acceptors (Lipinski definition) is 2. The maximum Gasteiger partial charge on any atom is 0.412 e. The van der Waals surface area contributed by atoms with Gasteiger partial charge in [-0.1, -0.05) is 41.9 Å². The SMILES string of the molecule is C=CCOC(=O)Nc1c(Cl)cccc1Cl. The molecule has 80 valence electrons. The van der Waals surface area contributed by atoms with E-state index in [1.54, 1.807) is 18.2 Å². The molecule has 0 radical (unpaired) electrons. The summed E-state index contributed by atoms with van der Waals surface area (Å²) in [4.78, 5) is 11.2. The molecule has 0 aromatic heterocycles. The van der Waals surface area contributed by atoms with Gasteiger partial charge in [-0.3, -0.25) is 5.32 Å². The predicted molar refractivity (Wildman–Crippen MR) is 61.6 cm³/mol. The van der Waals surface area contributed by atoms with Crippen molar-refractivity contribution >= 4 is 35.0 Å². The average Bonchev–Trinajstić information content (AvgIpc) is 2.21. The van der Waals surface area contributed by atoms with Crippen molar-refractivity contribution in [2.24, 2.45) is 0 Å². The standard InChI is InChI=1S/C10H9Cl2NO2/c1-2-6-15-10(14)13-9-7(11)4-3-5-8(9)12/h2-5H,1,6H2,(H,13,14). The Morgan fingerprint density at radius 2 is 2.07 bits per heavy atom. The fraction of sp³-hybridized carbons (Fsp3) is 0.100. The molecule has 0 aliphatic heterocycles. The van der Waals surface area contributed by atoms with Gasteiger partial charge in [-0.05, 0) is 12.1 Å². The lowest BCUT2D eigenvalue weighted by Crippen LogP contribution is -2.14. The van der Waals surface area contributed by atoms with Crippen LogP contribution in [0.15, 0.2) is 30.9 Å². The lowest BCUT2D eigenvalue weighted by Gasteiger charge is -2.08. The highest BCUT2D eigenvalue weighted by Gasteiger charge is 2.09. The number of benzene rings is 1. The number of ether oxygens (including phenoxy) is 1. The van der Waals surface area contributed by atoms with Crippen LogP contribution in [0.25, 0.3) is 0 Å². The lowest BCUT2D eigenvalue weighted by molar-refractivity contribution is 0.174. The predicted octanol–water partition coefficient (Wildman–Crippen LogP) is 3.73. The first-order valence-electron chi connectivity index (χ1n) is 4.14. The Hall–Kier alpha value is -1.19. The third kappa shape index (κ3) is 3.46. The summed E-state index contributed by atoms with van der Waals surface area (Å²) in [7, 11) is 0. The van der Waals surface area contributed by atoms with Gasteiger partial charge in [0, 0.05) is 0 Å². The van der Waals surface area contributed by atoms with Crippen LogP contribution in [0.3, 0.4) is 0 Å². The van der Waals surface area contributed by atoms with Crippen LogP contribution in [0, 0.1) is 0 Å². The molecule has 1 rings (SSSR count). The number of carbonyl (C=O) groups excluding carboxylic acids is 1. The van der Waals surface area contributed by atoms with Crippen LogP contribution in [0.1, 0.15) is 0 Å². The number of rotatable bonds is 3. The van der Waals surface area contributed by atoms with Crippen molar-refractivity contribution in [1.82, 2.24) is 0 Å². The van der Waals surface area contributed by atoms with Crippen molar-refractivity contribution in [1.29, 1.82) is 0 Å². The largest absolute Gasteiger partial charge is 0.445 e. The summed E-state index contributed by atoms with van der Waals surface area (Å²) in [5.41, 5.74) is 0.342. The maximum atomic E-state index is 11.2. The second kappa shape index (κ2) is 5.63. The highest BCUT2D eigenvalue weighted by atomic mass is 35.5. The Labute approximate surface area is 97.6 Å². The van der Waals surface area contributed by atoms with E-state index >= 15 is 0 Å². The molecule has 0 saturated carbocycles. The molecule has 5 heteroatoms. The van der Waals surface area contributed by atoms with Crippen LogP contribution in [-0.4, -0.2) is 12.7 Å². The lowest BCUT2D eigenvalue weighted by atomic mass is 10.3. The number of carbonyl (C=O) groups is 1. The summed E-state index contributed by atoms with van der Waals surface area (Å²) in [5, 5.41) is 3.16. The van der Waals surface area contributed by atoms with Crippen LogP contribution in [-0.2, 0) is 4.74 Å². The van der Waals surface area contributed by atoms with Crippen LogP contribution < -0.4 is 5.32 Å². The molecule has 0 aliphatic rings. The first kappa shape index (κ1) is 11.9. The highest BCUT2D eigenvalue weighted by Crippen LogP contribution is 2.29. The molecular formula is C10H9Cl2NO2. The molecule has 1 aromatic rings. The number of hydrogen-bond donors (Lipinski definition) is 1. The number of amides is 1. The highest BCUT2D eigenvalue weighted by molar-refractivity contribution is 6.39. The summed E-state index contributed by atoms with van der Waals surface area (Å²) in [5.74, 6) is 0. The second-order valence-corrected chi connectivity index (χ2v) is 3.42. The van der Waals surface area contributed by atoms with Gasteiger partial charge in [0.05, 0.1) is 15.7 Å². The van der Waals surface area contributed by atoms with Crippen LogP contribution in [0.4, 0.5) is 10.5 Å². The number of anilines is 1. The van der Waals surface area contributed by atoms with Gasteiger partial charge in [0.15, 0.2) is 0 Å². The molecule has 0 heterocycles. The molecule has 1 amide bonds. The van der Waals surface area contributed by atoms with E-state index in [1.807, 2.05) is 0 Å². The van der Waals surface area contributed by atoms with Gasteiger partial charge in [-0.25, -0.2) is 4.79 Å². The van der Waals surface area contributed by atoms with Crippen molar-refractivity contribution in [3.8, 4) is 0 Å². The topological polar surface area (TPSA) is 38.3 Å². The Kier molecular flexibility index (Phi) is 4.46. The van der Waals surface area contributed by atoms with Gasteiger partial charge in [0.1, 0.15) is 6.61 Å². The maximum absolute atomic E-state index is 11.2. The summed E-state index contributed by atoms with van der Waals surface area (Å²) in [6.45, 7) is 3.55. The molecule has 0 fully saturated rings. The van der Waals surface area contributed by atoms with E-state index in [2.05, 4.69) is 11.9 Å². The molecule has 1 aromatic carbocycles. The zero-order chi connectivity index (χ0) is 11.3. The minimum Gasteiger partial charge on any atom is -0.445 e. The molecule has 15 heavy (non-hydrogen) atoms. The zero-order valence-electron chi connectivity index (χ0n) is 7.80. The fourth-order valence-corrected chi connectivity index (χ4v) is 1.38. The van der Waals surface area contributed by atoms with Crippen LogP contribution in [0.5, 0.6) is 0 Å². The second-order valence-electron chi connectivity index (χ2n) is 2.61. The van der Waals surface area contributed by atoms with Crippen molar-refractivity contribution in [2.75, 3.05) is 11.9 Å². The molecule has 0 atom stereocenters. The average molecular weight is 246 g/mol.